The van der Waals surface area contributed by atoms with E-state index in [0.717, 1.165) is 11.1 Å². The summed E-state index contributed by atoms with van der Waals surface area (Å²) in [7, 11) is 0. The van der Waals surface area contributed by atoms with Crippen LogP contribution in [0.2, 0.25) is 5.15 Å². The Bertz CT molecular complexity index is 899. The normalized spacial score (nSPS) is 9.83. The number of carbonyl (C=O) groups excluding carboxylic acids is 2. The van der Waals surface area contributed by atoms with Gasteiger partial charge in [-0.05, 0) is 30.7 Å². The third kappa shape index (κ3) is 3.57. The smallest absolute Gasteiger partial charge is 0.258 e. The molecule has 0 saturated heterocycles. The van der Waals surface area contributed by atoms with Gasteiger partial charge in [0.15, 0.2) is 11.0 Å². The predicted octanol–water partition coefficient (Wildman–Crippen LogP) is 2.68. The first-order valence-electron chi connectivity index (χ1n) is 6.23. The molecule has 0 aliphatic heterocycles. The van der Waals surface area contributed by atoms with Gasteiger partial charge >= 0.3 is 6.15 Å². The molecule has 0 aliphatic rings. The number of halogens is 1. The van der Waals surface area contributed by atoms with Crippen LogP contribution in [0.3, 0.4) is 0 Å². The molecule has 116 valence electrons. The second-order valence-electron chi connectivity index (χ2n) is 4.46. The highest BCUT2D eigenvalue weighted by molar-refractivity contribution is 6.32. The number of benzene rings is 1. The average Bonchev–Trinajstić information content (AvgIpc) is 2.89. The van der Waals surface area contributed by atoms with Crippen molar-refractivity contribution in [3.8, 4) is 11.4 Å². The Morgan fingerprint density at radius 1 is 1.26 bits per heavy atom. The fourth-order valence-electron chi connectivity index (χ4n) is 1.95. The molecule has 3 aromatic rings. The number of fused-ring (bicyclic) bond motifs is 1. The minimum Gasteiger partial charge on any atom is -0.258 e. The first-order valence-corrected chi connectivity index (χ1v) is 6.60. The van der Waals surface area contributed by atoms with Gasteiger partial charge in [-0.2, -0.15) is 9.59 Å². The molecule has 0 saturated carbocycles. The van der Waals surface area contributed by atoms with Crippen molar-refractivity contribution >= 4 is 29.0 Å². The van der Waals surface area contributed by atoms with Crippen LogP contribution in [0.1, 0.15) is 5.56 Å². The van der Waals surface area contributed by atoms with Crippen molar-refractivity contribution in [1.82, 2.24) is 14.6 Å². The molecule has 0 N–H and O–H groups in total. The van der Waals surface area contributed by atoms with E-state index >= 15 is 0 Å². The molecule has 2 heterocycles. The van der Waals surface area contributed by atoms with Crippen LogP contribution in [0.25, 0.3) is 16.9 Å². The lowest BCUT2D eigenvalue weighted by atomic mass is 10.2. The van der Waals surface area contributed by atoms with Gasteiger partial charge < -0.3 is 0 Å². The molecule has 0 fully saturated rings. The molecule has 0 amide bonds. The number of nitrogens with zero attached hydrogens (tertiary/aromatic N) is 4. The van der Waals surface area contributed by atoms with E-state index in [1.165, 1.54) is 12.1 Å². The van der Waals surface area contributed by atoms with Crippen LogP contribution in [0.5, 0.6) is 0 Å². The van der Waals surface area contributed by atoms with Crippen LogP contribution in [0.4, 0.5) is 5.69 Å². The molecular weight excluding hydrogens is 324 g/mol. The van der Waals surface area contributed by atoms with Gasteiger partial charge in [-0.25, -0.2) is 9.50 Å². The van der Waals surface area contributed by atoms with E-state index in [1.54, 1.807) is 16.6 Å². The number of hydrogen-bond acceptors (Lipinski definition) is 6. The molecule has 8 nitrogen and oxygen atoms in total. The van der Waals surface area contributed by atoms with Crippen molar-refractivity contribution in [3.63, 3.8) is 0 Å². The molecule has 0 aliphatic carbocycles. The van der Waals surface area contributed by atoms with Crippen molar-refractivity contribution in [2.24, 2.45) is 0 Å². The highest BCUT2D eigenvalue weighted by atomic mass is 35.5. The number of nitro benzene ring substituents is 1. The summed E-state index contributed by atoms with van der Waals surface area (Å²) in [5.41, 5.74) is 2.46. The third-order valence-electron chi connectivity index (χ3n) is 2.89. The maximum absolute atomic E-state index is 10.6. The lowest BCUT2D eigenvalue weighted by Crippen LogP contribution is -1.98. The second-order valence-corrected chi connectivity index (χ2v) is 4.82. The Balaban J connectivity index is 0.000000595. The number of nitro groups is 1. The van der Waals surface area contributed by atoms with Crippen molar-refractivity contribution in [2.45, 2.75) is 6.92 Å². The van der Waals surface area contributed by atoms with Crippen LogP contribution < -0.4 is 0 Å². The number of aromatic nitrogens is 3. The van der Waals surface area contributed by atoms with Gasteiger partial charge in [0.05, 0.1) is 4.92 Å². The van der Waals surface area contributed by atoms with Gasteiger partial charge in [-0.15, -0.1) is 5.10 Å². The summed E-state index contributed by atoms with van der Waals surface area (Å²) in [5, 5.41) is 15.3. The molecule has 0 unspecified atom stereocenters. The van der Waals surface area contributed by atoms with E-state index in [1.807, 2.05) is 19.2 Å². The summed E-state index contributed by atoms with van der Waals surface area (Å²) < 4.78 is 1.65. The summed E-state index contributed by atoms with van der Waals surface area (Å²) in [6.07, 6.45) is 2.10. The Hall–Kier alpha value is -3.09. The van der Waals surface area contributed by atoms with Crippen LogP contribution in [0, 0.1) is 17.0 Å². The minimum atomic E-state index is -0.448. The minimum absolute atomic E-state index is 0.0257. The fourth-order valence-corrected chi connectivity index (χ4v) is 2.17. The van der Waals surface area contributed by atoms with Crippen LogP contribution in [-0.4, -0.2) is 25.7 Å². The summed E-state index contributed by atoms with van der Waals surface area (Å²) in [4.78, 5) is 30.7. The zero-order valence-corrected chi connectivity index (χ0v) is 12.5. The Labute approximate surface area is 134 Å². The molecule has 0 bridgehead atoms. The maximum Gasteiger partial charge on any atom is 0.373 e. The van der Waals surface area contributed by atoms with Crippen LogP contribution >= 0.6 is 11.6 Å². The third-order valence-corrected chi connectivity index (χ3v) is 3.17. The lowest BCUT2D eigenvalue weighted by molar-refractivity contribution is -0.384. The largest absolute Gasteiger partial charge is 0.373 e. The van der Waals surface area contributed by atoms with Gasteiger partial charge in [0.25, 0.3) is 5.69 Å². The first-order chi connectivity index (χ1) is 11.0. The molecule has 3 rings (SSSR count). The Morgan fingerprint density at radius 2 is 1.87 bits per heavy atom. The second kappa shape index (κ2) is 6.78. The van der Waals surface area contributed by atoms with Gasteiger partial charge in [0.2, 0.25) is 0 Å². The average molecular weight is 333 g/mol. The fraction of sp³-hybridized carbons (Fsp3) is 0.0714. The number of non-ortho nitro benzene ring substituents is 1. The summed E-state index contributed by atoms with van der Waals surface area (Å²) >= 11 is 6.13. The lowest BCUT2D eigenvalue weighted by Gasteiger charge is -2.02. The van der Waals surface area contributed by atoms with Crippen molar-refractivity contribution < 1.29 is 14.5 Å². The SMILES string of the molecule is Cc1cc2c(Cl)nc(-c3ccc([N+](=O)[O-])cc3)nn2c1.O=C=O. The summed E-state index contributed by atoms with van der Waals surface area (Å²) in [6, 6.07) is 7.93. The van der Waals surface area contributed by atoms with E-state index in [2.05, 4.69) is 10.1 Å². The topological polar surface area (TPSA) is 107 Å². The summed E-state index contributed by atoms with van der Waals surface area (Å²) in [5.74, 6) is 0.424. The predicted molar refractivity (Wildman–Crippen MR) is 79.8 cm³/mol. The molecule has 1 aromatic carbocycles. The zero-order valence-electron chi connectivity index (χ0n) is 11.8. The zero-order chi connectivity index (χ0) is 17.0. The molecule has 23 heavy (non-hydrogen) atoms. The molecule has 0 radical (unpaired) electrons. The quantitative estimate of drug-likeness (QED) is 0.527. The highest BCUT2D eigenvalue weighted by Crippen LogP contribution is 2.23. The van der Waals surface area contributed by atoms with Crippen molar-refractivity contribution in [2.75, 3.05) is 0 Å². The Kier molecular flexibility index (Phi) is 4.80. The standard InChI is InChI=1S/C13H9ClN4O2.CO2/c1-8-6-11-12(14)15-13(16-17(11)7-8)9-2-4-10(5-3-9)18(19)20;2-1-3/h2-7H,1H3;. The number of rotatable bonds is 2. The van der Waals surface area contributed by atoms with Crippen LogP contribution in [-0.2, 0) is 9.59 Å². The van der Waals surface area contributed by atoms with Crippen molar-refractivity contribution in [3.05, 3.63) is 57.4 Å². The molecule has 0 atom stereocenters. The Morgan fingerprint density at radius 3 is 2.43 bits per heavy atom. The molecule has 9 heteroatoms. The van der Waals surface area contributed by atoms with Gasteiger partial charge in [0.1, 0.15) is 5.52 Å². The van der Waals surface area contributed by atoms with E-state index in [4.69, 9.17) is 21.2 Å². The van der Waals surface area contributed by atoms with E-state index in [0.29, 0.717) is 16.5 Å². The summed E-state index contributed by atoms with van der Waals surface area (Å²) in [6.45, 7) is 1.94. The number of aryl methyl sites for hydroxylation is 1. The molecular formula is C14H9ClN4O4. The monoisotopic (exact) mass is 332 g/mol. The van der Waals surface area contributed by atoms with Crippen LogP contribution in [0.15, 0.2) is 36.5 Å². The number of hydrogen-bond donors (Lipinski definition) is 0. The van der Waals surface area contributed by atoms with Gasteiger partial charge in [-0.3, -0.25) is 10.1 Å². The van der Waals surface area contributed by atoms with Crippen molar-refractivity contribution in [1.29, 1.82) is 0 Å². The van der Waals surface area contributed by atoms with Gasteiger partial charge in [0, 0.05) is 23.9 Å². The maximum atomic E-state index is 10.6. The molecule has 0 spiro atoms. The molecule has 2 aromatic heterocycles. The first kappa shape index (κ1) is 16.3. The van der Waals surface area contributed by atoms with E-state index in [-0.39, 0.29) is 11.8 Å². The van der Waals surface area contributed by atoms with E-state index < -0.39 is 4.92 Å². The van der Waals surface area contributed by atoms with Gasteiger partial charge in [-0.1, -0.05) is 11.6 Å². The highest BCUT2D eigenvalue weighted by Gasteiger charge is 2.11. The van der Waals surface area contributed by atoms with E-state index in [9.17, 15) is 10.1 Å².